The average Bonchev–Trinajstić information content (AvgIpc) is 2.80. The minimum Gasteiger partial charge on any atom is -0.497 e. The molecule has 3 aromatic rings. The van der Waals surface area contributed by atoms with Crippen LogP contribution in [0.3, 0.4) is 0 Å². The number of aromatic nitrogens is 2. The lowest BCUT2D eigenvalue weighted by atomic mass is 10.3. The van der Waals surface area contributed by atoms with Crippen LogP contribution in [-0.2, 0) is 0 Å². The third-order valence-corrected chi connectivity index (χ3v) is 3.74. The fourth-order valence-corrected chi connectivity index (χ4v) is 2.76. The zero-order valence-electron chi connectivity index (χ0n) is 11.1. The first-order valence-corrected chi connectivity index (χ1v) is 6.70. The van der Waals surface area contributed by atoms with Crippen molar-refractivity contribution in [3.05, 3.63) is 41.5 Å². The summed E-state index contributed by atoms with van der Waals surface area (Å²) in [5, 5.41) is 4.36. The fraction of sp³-hybridized carbons (Fsp3) is 0.143. The molecule has 2 heterocycles. The van der Waals surface area contributed by atoms with Crippen molar-refractivity contribution in [2.75, 3.05) is 12.4 Å². The van der Waals surface area contributed by atoms with Crippen molar-refractivity contribution in [3.63, 3.8) is 0 Å². The molecular formula is C14H14ClN3OS. The van der Waals surface area contributed by atoms with Crippen molar-refractivity contribution in [1.82, 2.24) is 9.97 Å². The van der Waals surface area contributed by atoms with Crippen molar-refractivity contribution in [1.29, 1.82) is 0 Å². The third kappa shape index (κ3) is 2.84. The van der Waals surface area contributed by atoms with Gasteiger partial charge in [0.05, 0.1) is 12.5 Å². The zero-order chi connectivity index (χ0) is 13.2. The molecular weight excluding hydrogens is 294 g/mol. The molecule has 104 valence electrons. The molecule has 0 saturated carbocycles. The van der Waals surface area contributed by atoms with Gasteiger partial charge in [0.25, 0.3) is 0 Å². The number of benzene rings is 1. The molecule has 1 N–H and O–H groups in total. The summed E-state index contributed by atoms with van der Waals surface area (Å²) in [6.45, 7) is 2.07. The summed E-state index contributed by atoms with van der Waals surface area (Å²) >= 11 is 1.67. The first kappa shape index (κ1) is 14.6. The Kier molecular flexibility index (Phi) is 4.42. The van der Waals surface area contributed by atoms with Gasteiger partial charge in [0.2, 0.25) is 0 Å². The van der Waals surface area contributed by atoms with E-state index < -0.39 is 0 Å². The Morgan fingerprint density at radius 3 is 2.85 bits per heavy atom. The predicted molar refractivity (Wildman–Crippen MR) is 85.7 cm³/mol. The molecule has 6 heteroatoms. The van der Waals surface area contributed by atoms with Gasteiger partial charge >= 0.3 is 0 Å². The molecule has 1 aromatic carbocycles. The van der Waals surface area contributed by atoms with Gasteiger partial charge in [-0.3, -0.25) is 0 Å². The summed E-state index contributed by atoms with van der Waals surface area (Å²) in [6.07, 6.45) is 1.58. The second-order valence-electron chi connectivity index (χ2n) is 4.16. The molecule has 0 aliphatic heterocycles. The van der Waals surface area contributed by atoms with Crippen LogP contribution in [0.4, 0.5) is 11.5 Å². The number of ether oxygens (including phenoxy) is 1. The van der Waals surface area contributed by atoms with E-state index in [0.717, 1.165) is 27.5 Å². The number of hydrogen-bond acceptors (Lipinski definition) is 5. The summed E-state index contributed by atoms with van der Waals surface area (Å²) in [5.74, 6) is 1.64. The van der Waals surface area contributed by atoms with Crippen molar-refractivity contribution < 1.29 is 4.74 Å². The number of nitrogens with zero attached hydrogens (tertiary/aromatic N) is 2. The van der Waals surface area contributed by atoms with Crippen LogP contribution in [0, 0.1) is 6.92 Å². The molecule has 0 spiro atoms. The van der Waals surface area contributed by atoms with Crippen LogP contribution < -0.4 is 10.1 Å². The molecule has 4 nitrogen and oxygen atoms in total. The number of hydrogen-bond donors (Lipinski definition) is 1. The van der Waals surface area contributed by atoms with Crippen LogP contribution in [0.25, 0.3) is 10.2 Å². The van der Waals surface area contributed by atoms with E-state index in [1.165, 1.54) is 4.88 Å². The Morgan fingerprint density at radius 2 is 2.05 bits per heavy atom. The van der Waals surface area contributed by atoms with Gasteiger partial charge in [0.1, 0.15) is 22.7 Å². The van der Waals surface area contributed by atoms with Gasteiger partial charge in [-0.2, -0.15) is 0 Å². The van der Waals surface area contributed by atoms with Crippen LogP contribution >= 0.6 is 23.7 Å². The zero-order valence-corrected chi connectivity index (χ0v) is 12.7. The Balaban J connectivity index is 0.00000147. The summed E-state index contributed by atoms with van der Waals surface area (Å²) in [4.78, 5) is 10.8. The molecule has 0 amide bonds. The molecule has 0 bridgehead atoms. The fourth-order valence-electron chi connectivity index (χ4n) is 1.91. The Hall–Kier alpha value is -1.85. The van der Waals surface area contributed by atoms with Crippen LogP contribution in [0.2, 0.25) is 0 Å². The van der Waals surface area contributed by atoms with Gasteiger partial charge in [-0.05, 0) is 25.1 Å². The number of rotatable bonds is 3. The second-order valence-corrected chi connectivity index (χ2v) is 5.39. The van der Waals surface area contributed by atoms with Crippen LogP contribution in [0.15, 0.2) is 36.7 Å². The van der Waals surface area contributed by atoms with Crippen LogP contribution in [0.5, 0.6) is 5.75 Å². The molecule has 0 unspecified atom stereocenters. The van der Waals surface area contributed by atoms with Gasteiger partial charge in [0.15, 0.2) is 0 Å². The lowest BCUT2D eigenvalue weighted by Gasteiger charge is -2.07. The quantitative estimate of drug-likeness (QED) is 0.788. The lowest BCUT2D eigenvalue weighted by Crippen LogP contribution is -1.95. The van der Waals surface area contributed by atoms with E-state index >= 15 is 0 Å². The number of fused-ring (bicyclic) bond motifs is 1. The highest BCUT2D eigenvalue weighted by molar-refractivity contribution is 7.18. The SMILES string of the molecule is COc1cccc(Nc2ncnc3sc(C)cc23)c1.Cl. The maximum atomic E-state index is 5.21. The molecule has 0 atom stereocenters. The smallest absolute Gasteiger partial charge is 0.142 e. The number of aryl methyl sites for hydroxylation is 1. The summed E-state index contributed by atoms with van der Waals surface area (Å²) in [6, 6.07) is 9.87. The minimum atomic E-state index is 0. The lowest BCUT2D eigenvalue weighted by molar-refractivity contribution is 0.415. The predicted octanol–water partition coefficient (Wildman–Crippen LogP) is 4.17. The number of methoxy groups -OCH3 is 1. The van der Waals surface area contributed by atoms with Crippen LogP contribution in [0.1, 0.15) is 4.88 Å². The van der Waals surface area contributed by atoms with Gasteiger partial charge in [0, 0.05) is 16.6 Å². The topological polar surface area (TPSA) is 47.0 Å². The van der Waals surface area contributed by atoms with Gasteiger partial charge in [-0.15, -0.1) is 23.7 Å². The van der Waals surface area contributed by atoms with Crippen LogP contribution in [-0.4, -0.2) is 17.1 Å². The summed E-state index contributed by atoms with van der Waals surface area (Å²) in [7, 11) is 1.66. The standard InChI is InChI=1S/C14H13N3OS.ClH/c1-9-6-12-13(15-8-16-14(12)19-9)17-10-4-3-5-11(7-10)18-2;/h3-8H,1-2H3,(H,15,16,17);1H. The van der Waals surface area contributed by atoms with E-state index in [9.17, 15) is 0 Å². The first-order valence-electron chi connectivity index (χ1n) is 5.88. The minimum absolute atomic E-state index is 0. The number of halogens is 1. The maximum Gasteiger partial charge on any atom is 0.142 e. The normalized spacial score (nSPS) is 10.1. The molecule has 20 heavy (non-hydrogen) atoms. The van der Waals surface area contributed by atoms with Crippen molar-refractivity contribution >= 4 is 45.5 Å². The number of thiophene rings is 1. The highest BCUT2D eigenvalue weighted by Crippen LogP contribution is 2.29. The molecule has 0 saturated heterocycles. The van der Waals surface area contributed by atoms with E-state index in [1.807, 2.05) is 24.3 Å². The van der Waals surface area contributed by atoms with E-state index in [-0.39, 0.29) is 12.4 Å². The Morgan fingerprint density at radius 1 is 1.20 bits per heavy atom. The van der Waals surface area contributed by atoms with Crippen molar-refractivity contribution in [2.24, 2.45) is 0 Å². The van der Waals surface area contributed by atoms with E-state index in [4.69, 9.17) is 4.74 Å². The Labute approximate surface area is 127 Å². The molecule has 0 radical (unpaired) electrons. The molecule has 0 aliphatic carbocycles. The number of anilines is 2. The van der Waals surface area contributed by atoms with E-state index in [1.54, 1.807) is 24.8 Å². The average molecular weight is 308 g/mol. The van der Waals surface area contributed by atoms with E-state index in [0.29, 0.717) is 0 Å². The number of nitrogens with one attached hydrogen (secondary N) is 1. The van der Waals surface area contributed by atoms with Gasteiger partial charge < -0.3 is 10.1 Å². The Bertz CT molecular complexity index is 729. The second kappa shape index (κ2) is 6.07. The maximum absolute atomic E-state index is 5.21. The molecule has 2 aromatic heterocycles. The largest absolute Gasteiger partial charge is 0.497 e. The molecule has 0 aliphatic rings. The van der Waals surface area contributed by atoms with Gasteiger partial charge in [-0.1, -0.05) is 6.07 Å². The monoisotopic (exact) mass is 307 g/mol. The van der Waals surface area contributed by atoms with E-state index in [2.05, 4.69) is 28.3 Å². The highest BCUT2D eigenvalue weighted by Gasteiger charge is 2.07. The van der Waals surface area contributed by atoms with Crippen molar-refractivity contribution in [3.8, 4) is 5.75 Å². The summed E-state index contributed by atoms with van der Waals surface area (Å²) in [5.41, 5.74) is 0.947. The summed E-state index contributed by atoms with van der Waals surface area (Å²) < 4.78 is 5.21. The molecule has 3 rings (SSSR count). The third-order valence-electron chi connectivity index (χ3n) is 2.79. The highest BCUT2D eigenvalue weighted by atomic mass is 35.5. The molecule has 0 fully saturated rings. The first-order chi connectivity index (χ1) is 9.26. The van der Waals surface area contributed by atoms with Crippen molar-refractivity contribution in [2.45, 2.75) is 6.92 Å². The van der Waals surface area contributed by atoms with Gasteiger partial charge in [-0.25, -0.2) is 9.97 Å².